The highest BCUT2D eigenvalue weighted by atomic mass is 35.5. The Kier molecular flexibility index (Phi) is 3.99. The first-order chi connectivity index (χ1) is 8.56. The highest BCUT2D eigenvalue weighted by Crippen LogP contribution is 2.21. The normalized spacial score (nSPS) is 10.4. The largest absolute Gasteiger partial charge is 0.353 e. The van der Waals surface area contributed by atoms with E-state index in [0.29, 0.717) is 12.4 Å². The van der Waals surface area contributed by atoms with Crippen LogP contribution in [-0.2, 0) is 6.54 Å². The van der Waals surface area contributed by atoms with E-state index >= 15 is 0 Å². The molecular formula is C12H12Cl2N4. The van der Waals surface area contributed by atoms with Gasteiger partial charge in [-0.3, -0.25) is 0 Å². The summed E-state index contributed by atoms with van der Waals surface area (Å²) in [6, 6.07) is 8.26. The number of hydrogen-bond acceptors (Lipinski definition) is 4. The third kappa shape index (κ3) is 3.09. The molecule has 6 heteroatoms. The van der Waals surface area contributed by atoms with Gasteiger partial charge in [-0.15, -0.1) is 10.2 Å². The number of nitrogens with zero attached hydrogens (tertiary/aromatic N) is 4. The smallest absolute Gasteiger partial charge is 0.245 e. The van der Waals surface area contributed by atoms with E-state index in [1.54, 1.807) is 0 Å². The van der Waals surface area contributed by atoms with Gasteiger partial charge in [-0.2, -0.15) is 4.98 Å². The molecule has 2 rings (SSSR count). The number of rotatable bonds is 3. The molecule has 0 aliphatic carbocycles. The van der Waals surface area contributed by atoms with Crippen LogP contribution in [0.2, 0.25) is 10.4 Å². The first kappa shape index (κ1) is 13.1. The van der Waals surface area contributed by atoms with Crippen LogP contribution in [0.25, 0.3) is 0 Å². The van der Waals surface area contributed by atoms with Gasteiger partial charge in [0.1, 0.15) is 0 Å². The van der Waals surface area contributed by atoms with Gasteiger partial charge in [-0.05, 0) is 24.1 Å². The maximum atomic E-state index is 5.95. The van der Waals surface area contributed by atoms with Gasteiger partial charge in [0.25, 0.3) is 0 Å². The van der Waals surface area contributed by atoms with Crippen LogP contribution in [-0.4, -0.2) is 22.2 Å². The van der Waals surface area contributed by atoms with Crippen molar-refractivity contribution in [3.8, 4) is 0 Å². The summed E-state index contributed by atoms with van der Waals surface area (Å²) in [5.74, 6) is 0.525. The molecule has 18 heavy (non-hydrogen) atoms. The molecule has 1 aromatic carbocycles. The molecule has 0 aliphatic heterocycles. The van der Waals surface area contributed by atoms with Crippen molar-refractivity contribution in [1.82, 2.24) is 15.2 Å². The molecule has 0 bridgehead atoms. The topological polar surface area (TPSA) is 41.9 Å². The number of hydrogen-bond donors (Lipinski definition) is 0. The van der Waals surface area contributed by atoms with Crippen LogP contribution in [0, 0.1) is 6.92 Å². The minimum atomic E-state index is 0.0881. The Hall–Kier alpha value is -1.39. The van der Waals surface area contributed by atoms with E-state index in [0.717, 1.165) is 5.56 Å². The van der Waals surface area contributed by atoms with Crippen LogP contribution in [0.4, 0.5) is 5.82 Å². The maximum absolute atomic E-state index is 5.95. The molecule has 0 saturated heterocycles. The molecule has 1 aromatic heterocycles. The molecule has 0 spiro atoms. The standard InChI is InChI=1S/C12H12Cl2N4/c1-8-3-5-9(6-4-8)7-18(2)11-10(13)16-17-12(14)15-11/h3-6H,7H2,1-2H3. The van der Waals surface area contributed by atoms with Crippen LogP contribution in [0.15, 0.2) is 24.3 Å². The minimum Gasteiger partial charge on any atom is -0.353 e. The lowest BCUT2D eigenvalue weighted by Crippen LogP contribution is -2.19. The Bertz CT molecular complexity index is 542. The maximum Gasteiger partial charge on any atom is 0.245 e. The highest BCUT2D eigenvalue weighted by Gasteiger charge is 2.11. The fourth-order valence-electron chi connectivity index (χ4n) is 1.57. The van der Waals surface area contributed by atoms with Gasteiger partial charge in [-0.1, -0.05) is 41.4 Å². The van der Waals surface area contributed by atoms with Crippen molar-refractivity contribution in [3.05, 3.63) is 45.8 Å². The summed E-state index contributed by atoms with van der Waals surface area (Å²) < 4.78 is 0. The van der Waals surface area contributed by atoms with E-state index in [9.17, 15) is 0 Å². The average molecular weight is 283 g/mol. The van der Waals surface area contributed by atoms with Crippen molar-refractivity contribution >= 4 is 29.0 Å². The predicted molar refractivity (Wildman–Crippen MR) is 73.1 cm³/mol. The van der Waals surface area contributed by atoms with Crippen LogP contribution in [0.3, 0.4) is 0 Å². The fourth-order valence-corrected chi connectivity index (χ4v) is 1.91. The number of benzene rings is 1. The summed E-state index contributed by atoms with van der Waals surface area (Å²) >= 11 is 11.7. The molecule has 1 heterocycles. The summed E-state index contributed by atoms with van der Waals surface area (Å²) in [6.45, 7) is 2.73. The van der Waals surface area contributed by atoms with E-state index in [1.165, 1.54) is 5.56 Å². The first-order valence-electron chi connectivity index (χ1n) is 5.38. The average Bonchev–Trinajstić information content (AvgIpc) is 2.35. The third-order valence-corrected chi connectivity index (χ3v) is 2.91. The zero-order valence-corrected chi connectivity index (χ0v) is 11.6. The molecule has 0 atom stereocenters. The van der Waals surface area contributed by atoms with Crippen LogP contribution < -0.4 is 4.90 Å². The second-order valence-electron chi connectivity index (χ2n) is 4.04. The summed E-state index contributed by atoms with van der Waals surface area (Å²) in [7, 11) is 1.88. The number of anilines is 1. The van der Waals surface area contributed by atoms with E-state index < -0.39 is 0 Å². The minimum absolute atomic E-state index is 0.0881. The van der Waals surface area contributed by atoms with E-state index in [-0.39, 0.29) is 10.4 Å². The second-order valence-corrected chi connectivity index (χ2v) is 4.73. The molecule has 0 saturated carbocycles. The van der Waals surface area contributed by atoms with Gasteiger partial charge < -0.3 is 4.90 Å². The van der Waals surface area contributed by atoms with E-state index in [4.69, 9.17) is 23.2 Å². The van der Waals surface area contributed by atoms with Crippen molar-refractivity contribution < 1.29 is 0 Å². The monoisotopic (exact) mass is 282 g/mol. The highest BCUT2D eigenvalue weighted by molar-refractivity contribution is 6.32. The van der Waals surface area contributed by atoms with E-state index in [1.807, 2.05) is 11.9 Å². The van der Waals surface area contributed by atoms with Crippen LogP contribution in [0.1, 0.15) is 11.1 Å². The molecule has 2 aromatic rings. The zero-order chi connectivity index (χ0) is 13.1. The second kappa shape index (κ2) is 5.50. The van der Waals surface area contributed by atoms with Gasteiger partial charge in [0.05, 0.1) is 0 Å². The summed E-state index contributed by atoms with van der Waals surface area (Å²) in [4.78, 5) is 5.95. The molecule has 0 radical (unpaired) electrons. The quantitative estimate of drug-likeness (QED) is 0.868. The zero-order valence-electron chi connectivity index (χ0n) is 10.1. The lowest BCUT2D eigenvalue weighted by atomic mass is 10.1. The summed E-state index contributed by atoms with van der Waals surface area (Å²) in [5, 5.41) is 7.65. The van der Waals surface area contributed by atoms with Crippen molar-refractivity contribution in [2.24, 2.45) is 0 Å². The number of halogens is 2. The Labute approximate surface area is 116 Å². The molecule has 0 aliphatic rings. The molecule has 4 nitrogen and oxygen atoms in total. The Morgan fingerprint density at radius 1 is 1.11 bits per heavy atom. The summed E-state index contributed by atoms with van der Waals surface area (Å²) in [5.41, 5.74) is 2.39. The predicted octanol–water partition coefficient (Wildman–Crippen LogP) is 3.12. The van der Waals surface area contributed by atoms with Gasteiger partial charge in [0, 0.05) is 13.6 Å². The first-order valence-corrected chi connectivity index (χ1v) is 6.14. The molecule has 0 unspecified atom stereocenters. The van der Waals surface area contributed by atoms with Crippen molar-refractivity contribution in [2.45, 2.75) is 13.5 Å². The fraction of sp³-hybridized carbons (Fsp3) is 0.250. The van der Waals surface area contributed by atoms with Gasteiger partial charge in [0.2, 0.25) is 5.28 Å². The van der Waals surface area contributed by atoms with Gasteiger partial charge in [0.15, 0.2) is 11.0 Å². The summed E-state index contributed by atoms with van der Waals surface area (Å²) in [6.07, 6.45) is 0. The molecule has 94 valence electrons. The lowest BCUT2D eigenvalue weighted by Gasteiger charge is -2.18. The SMILES string of the molecule is Cc1ccc(CN(C)c2nc(Cl)nnc2Cl)cc1. The Balaban J connectivity index is 2.18. The molecule has 0 N–H and O–H groups in total. The van der Waals surface area contributed by atoms with Gasteiger partial charge in [-0.25, -0.2) is 0 Å². The van der Waals surface area contributed by atoms with Gasteiger partial charge >= 0.3 is 0 Å². The van der Waals surface area contributed by atoms with E-state index in [2.05, 4.69) is 46.4 Å². The molecule has 0 amide bonds. The number of aryl methyl sites for hydroxylation is 1. The van der Waals surface area contributed by atoms with Crippen LogP contribution >= 0.6 is 23.2 Å². The van der Waals surface area contributed by atoms with Crippen LogP contribution in [0.5, 0.6) is 0 Å². The molecule has 0 fully saturated rings. The third-order valence-electron chi connectivity index (χ3n) is 2.50. The van der Waals surface area contributed by atoms with Crippen molar-refractivity contribution in [1.29, 1.82) is 0 Å². The number of aromatic nitrogens is 3. The lowest BCUT2D eigenvalue weighted by molar-refractivity contribution is 0.862. The van der Waals surface area contributed by atoms with Crippen molar-refractivity contribution in [2.75, 3.05) is 11.9 Å². The van der Waals surface area contributed by atoms with Crippen molar-refractivity contribution in [3.63, 3.8) is 0 Å². The Morgan fingerprint density at radius 2 is 1.78 bits per heavy atom. The Morgan fingerprint density at radius 3 is 2.44 bits per heavy atom. The molecular weight excluding hydrogens is 271 g/mol.